The van der Waals surface area contributed by atoms with Gasteiger partial charge in [-0.15, -0.1) is 0 Å². The van der Waals surface area contributed by atoms with Crippen molar-refractivity contribution < 1.29 is 23.8 Å². The van der Waals surface area contributed by atoms with E-state index in [1.54, 1.807) is 0 Å². The molecule has 0 N–H and O–H groups in total. The number of hydrogen-bond donors (Lipinski definition) is 0. The zero-order valence-electron chi connectivity index (χ0n) is 21.5. The Balaban J connectivity index is 1.61. The monoisotopic (exact) mass is 466 g/mol. The summed E-state index contributed by atoms with van der Waals surface area (Å²) in [7, 11) is 0. The summed E-state index contributed by atoms with van der Waals surface area (Å²) in [5, 5.41) is 0. The maximum Gasteiger partial charge on any atom is 0.339 e. The lowest BCUT2D eigenvalue weighted by atomic mass is 9.78. The summed E-state index contributed by atoms with van der Waals surface area (Å²) in [6.07, 6.45) is 21.3. The fourth-order valence-electron chi connectivity index (χ4n) is 5.28. The van der Waals surface area contributed by atoms with Gasteiger partial charge in [0.15, 0.2) is 5.60 Å². The minimum Gasteiger partial charge on any atom is -0.465 e. The molecule has 2 heterocycles. The van der Waals surface area contributed by atoms with Crippen molar-refractivity contribution >= 4 is 11.9 Å². The Morgan fingerprint density at radius 1 is 0.727 bits per heavy atom. The summed E-state index contributed by atoms with van der Waals surface area (Å²) in [4.78, 5) is 25.7. The summed E-state index contributed by atoms with van der Waals surface area (Å²) < 4.78 is 17.2. The molecule has 0 aromatic carbocycles. The highest BCUT2D eigenvalue weighted by Gasteiger charge is 2.62. The van der Waals surface area contributed by atoms with Gasteiger partial charge in [0.25, 0.3) is 0 Å². The number of unbranched alkanes of at least 4 members (excludes halogenated alkanes) is 14. The molecule has 2 bridgehead atoms. The highest BCUT2D eigenvalue weighted by molar-refractivity contribution is 5.89. The predicted octanol–water partition coefficient (Wildman–Crippen LogP) is 7.29. The molecule has 2 rings (SSSR count). The first-order valence-electron chi connectivity index (χ1n) is 14.2. The van der Waals surface area contributed by atoms with Crippen molar-refractivity contribution in [3.8, 4) is 0 Å². The maximum absolute atomic E-state index is 12.9. The fourth-order valence-corrected chi connectivity index (χ4v) is 5.28. The zero-order chi connectivity index (χ0) is 23.8. The second-order valence-corrected chi connectivity index (χ2v) is 10.2. The molecule has 0 aliphatic carbocycles. The van der Waals surface area contributed by atoms with Crippen LogP contribution in [0.25, 0.3) is 0 Å². The van der Waals surface area contributed by atoms with E-state index in [9.17, 15) is 9.59 Å². The van der Waals surface area contributed by atoms with Gasteiger partial charge in [0.1, 0.15) is 0 Å². The lowest BCUT2D eigenvalue weighted by Gasteiger charge is -2.29. The van der Waals surface area contributed by atoms with Gasteiger partial charge in [0.2, 0.25) is 0 Å². The molecule has 2 saturated heterocycles. The van der Waals surface area contributed by atoms with Crippen molar-refractivity contribution in [3.05, 3.63) is 0 Å². The summed E-state index contributed by atoms with van der Waals surface area (Å²) in [6.45, 7) is 5.33. The fraction of sp³-hybridized carbons (Fsp3) is 0.929. The van der Waals surface area contributed by atoms with Gasteiger partial charge in [-0.1, -0.05) is 104 Å². The summed E-state index contributed by atoms with van der Waals surface area (Å²) in [5.41, 5.74) is -1.10. The smallest absolute Gasteiger partial charge is 0.339 e. The van der Waals surface area contributed by atoms with E-state index in [4.69, 9.17) is 14.2 Å². The molecule has 2 aliphatic heterocycles. The highest BCUT2D eigenvalue weighted by atomic mass is 16.6. The molecular weight excluding hydrogens is 416 g/mol. The first-order valence-corrected chi connectivity index (χ1v) is 14.2. The Morgan fingerprint density at radius 2 is 1.21 bits per heavy atom. The van der Waals surface area contributed by atoms with Crippen LogP contribution in [0.1, 0.15) is 136 Å². The third-order valence-corrected chi connectivity index (χ3v) is 7.38. The molecule has 0 radical (unpaired) electrons. The van der Waals surface area contributed by atoms with E-state index < -0.39 is 11.5 Å². The van der Waals surface area contributed by atoms with E-state index in [0.717, 1.165) is 32.1 Å². The lowest BCUT2D eigenvalue weighted by Crippen LogP contribution is -2.47. The van der Waals surface area contributed by atoms with E-state index >= 15 is 0 Å². The van der Waals surface area contributed by atoms with Crippen LogP contribution in [0, 0.1) is 5.92 Å². The van der Waals surface area contributed by atoms with Gasteiger partial charge in [0.05, 0.1) is 25.2 Å². The largest absolute Gasteiger partial charge is 0.465 e. The average Bonchev–Trinajstić information content (AvgIpc) is 3.42. The number of esters is 2. The van der Waals surface area contributed by atoms with Crippen molar-refractivity contribution in [2.45, 2.75) is 148 Å². The number of ether oxygens (including phenoxy) is 3. The number of fused-ring (bicyclic) bond motifs is 2. The van der Waals surface area contributed by atoms with Gasteiger partial charge in [-0.2, -0.15) is 0 Å². The van der Waals surface area contributed by atoms with Gasteiger partial charge in [-0.05, 0) is 32.1 Å². The maximum atomic E-state index is 12.9. The Kier molecular flexibility index (Phi) is 14.1. The van der Waals surface area contributed by atoms with Crippen LogP contribution in [0.5, 0.6) is 0 Å². The molecule has 0 spiro atoms. The second-order valence-electron chi connectivity index (χ2n) is 10.2. The van der Waals surface area contributed by atoms with Crippen LogP contribution in [0.15, 0.2) is 0 Å². The quantitative estimate of drug-likeness (QED) is 0.139. The lowest BCUT2D eigenvalue weighted by molar-refractivity contribution is -0.176. The third-order valence-electron chi connectivity index (χ3n) is 7.38. The molecular formula is C28H50O5. The number of hydrogen-bond acceptors (Lipinski definition) is 5. The molecule has 0 aromatic rings. The van der Waals surface area contributed by atoms with Crippen LogP contribution >= 0.6 is 0 Å². The van der Waals surface area contributed by atoms with E-state index in [0.29, 0.717) is 26.1 Å². The van der Waals surface area contributed by atoms with Crippen molar-refractivity contribution in [1.29, 1.82) is 0 Å². The second kappa shape index (κ2) is 16.5. The Labute approximate surface area is 202 Å². The van der Waals surface area contributed by atoms with Crippen molar-refractivity contribution in [1.82, 2.24) is 0 Å². The first-order chi connectivity index (χ1) is 16.1. The predicted molar refractivity (Wildman–Crippen MR) is 132 cm³/mol. The van der Waals surface area contributed by atoms with E-state index in [-0.39, 0.29) is 18.0 Å². The Bertz CT molecular complexity index is 548. The minimum atomic E-state index is -1.10. The standard InChI is InChI=1S/C28H50O5/c1-3-5-7-9-11-13-15-17-21-31-26(29)25-23-24-19-20-28(25,33-24)27(30)32-22-18-16-14-12-10-8-6-4-2/h24-25H,3-23H2,1-2H3. The molecule has 0 amide bonds. The SMILES string of the molecule is CCCCCCCCCCOC(=O)C1CC2CCC1(C(=O)OCCCCCCCCCC)O2. The van der Waals surface area contributed by atoms with Crippen molar-refractivity contribution in [2.24, 2.45) is 5.92 Å². The molecule has 0 saturated carbocycles. The first kappa shape index (κ1) is 28.1. The van der Waals surface area contributed by atoms with Gasteiger partial charge < -0.3 is 14.2 Å². The van der Waals surface area contributed by atoms with E-state index in [1.807, 2.05) is 0 Å². The molecule has 2 aliphatic rings. The van der Waals surface area contributed by atoms with Gasteiger partial charge >= 0.3 is 11.9 Å². The van der Waals surface area contributed by atoms with Crippen molar-refractivity contribution in [2.75, 3.05) is 13.2 Å². The minimum absolute atomic E-state index is 0.0126. The van der Waals surface area contributed by atoms with Crippen LogP contribution in [-0.4, -0.2) is 36.9 Å². The zero-order valence-corrected chi connectivity index (χ0v) is 21.5. The molecule has 192 valence electrons. The number of rotatable bonds is 20. The van der Waals surface area contributed by atoms with Crippen LogP contribution in [0.4, 0.5) is 0 Å². The van der Waals surface area contributed by atoms with Crippen LogP contribution < -0.4 is 0 Å². The van der Waals surface area contributed by atoms with Crippen LogP contribution in [0.3, 0.4) is 0 Å². The van der Waals surface area contributed by atoms with Crippen molar-refractivity contribution in [3.63, 3.8) is 0 Å². The van der Waals surface area contributed by atoms with Crippen LogP contribution in [0.2, 0.25) is 0 Å². The normalized spacial score (nSPS) is 23.7. The molecule has 3 unspecified atom stereocenters. The third kappa shape index (κ3) is 9.58. The number of carbonyl (C=O) groups excluding carboxylic acids is 2. The molecule has 2 fully saturated rings. The topological polar surface area (TPSA) is 61.8 Å². The van der Waals surface area contributed by atoms with Crippen LogP contribution in [-0.2, 0) is 23.8 Å². The summed E-state index contributed by atoms with van der Waals surface area (Å²) >= 11 is 0. The van der Waals surface area contributed by atoms with Gasteiger partial charge in [-0.25, -0.2) is 4.79 Å². The Hall–Kier alpha value is -1.10. The molecule has 5 nitrogen and oxygen atoms in total. The highest BCUT2D eigenvalue weighted by Crippen LogP contribution is 2.49. The summed E-state index contributed by atoms with van der Waals surface area (Å²) in [6, 6.07) is 0. The molecule has 33 heavy (non-hydrogen) atoms. The average molecular weight is 467 g/mol. The number of carbonyl (C=O) groups is 2. The summed E-state index contributed by atoms with van der Waals surface area (Å²) in [5.74, 6) is -1.12. The Morgan fingerprint density at radius 3 is 1.73 bits per heavy atom. The molecule has 5 heteroatoms. The molecule has 3 atom stereocenters. The van der Waals surface area contributed by atoms with Gasteiger partial charge in [-0.3, -0.25) is 4.79 Å². The van der Waals surface area contributed by atoms with Gasteiger partial charge in [0, 0.05) is 0 Å². The molecule has 0 aromatic heterocycles. The van der Waals surface area contributed by atoms with E-state index in [1.165, 1.54) is 77.0 Å². The van der Waals surface area contributed by atoms with E-state index in [2.05, 4.69) is 13.8 Å².